The quantitative estimate of drug-likeness (QED) is 0.394. The summed E-state index contributed by atoms with van der Waals surface area (Å²) in [5, 5.41) is 8.95. The maximum Gasteiger partial charge on any atom is 0.264 e. The molecule has 2 aromatic rings. The van der Waals surface area contributed by atoms with Crippen LogP contribution in [0.4, 0.5) is 4.39 Å². The molecule has 0 N–H and O–H groups in total. The third kappa shape index (κ3) is 9.62. The number of rotatable bonds is 6. The summed E-state index contributed by atoms with van der Waals surface area (Å²) < 4.78 is 44.9. The van der Waals surface area contributed by atoms with Crippen LogP contribution in [-0.4, -0.2) is 32.9 Å². The Morgan fingerprint density at radius 3 is 2.30 bits per heavy atom. The van der Waals surface area contributed by atoms with Crippen molar-refractivity contribution >= 4 is 10.1 Å². The predicted molar refractivity (Wildman–Crippen MR) is 96.6 cm³/mol. The third-order valence-electron chi connectivity index (χ3n) is 2.78. The van der Waals surface area contributed by atoms with E-state index in [2.05, 4.69) is 23.0 Å². The van der Waals surface area contributed by atoms with Crippen LogP contribution in [0.2, 0.25) is 0 Å². The van der Waals surface area contributed by atoms with E-state index in [0.29, 0.717) is 16.9 Å². The summed E-state index contributed by atoms with van der Waals surface area (Å²) in [6, 6.07) is 9.11. The fourth-order valence-electron chi connectivity index (χ4n) is 1.81. The molecular formula is C18H21FN2O4SW. The molecule has 2 rings (SSSR count). The Balaban J connectivity index is 0.00000158. The van der Waals surface area contributed by atoms with Gasteiger partial charge in [0, 0.05) is 26.6 Å². The van der Waals surface area contributed by atoms with E-state index >= 15 is 0 Å². The molecule has 0 aliphatic rings. The summed E-state index contributed by atoms with van der Waals surface area (Å²) in [7, 11) is -3.54. The van der Waals surface area contributed by atoms with E-state index in [1.54, 1.807) is 12.1 Å². The van der Waals surface area contributed by atoms with Crippen LogP contribution in [0.1, 0.15) is 26.0 Å². The monoisotopic (exact) mass is 564 g/mol. The summed E-state index contributed by atoms with van der Waals surface area (Å²) in [4.78, 5) is 3.91. The van der Waals surface area contributed by atoms with E-state index in [1.807, 2.05) is 6.07 Å². The molecule has 146 valence electrons. The number of ether oxygens (including phenoxy) is 1. The zero-order valence-corrected chi connectivity index (χ0v) is 19.1. The van der Waals surface area contributed by atoms with Gasteiger partial charge in [-0.3, -0.25) is 4.18 Å². The number of benzene rings is 1. The van der Waals surface area contributed by atoms with Gasteiger partial charge in [0.05, 0.1) is 12.5 Å². The van der Waals surface area contributed by atoms with Crippen LogP contribution in [-0.2, 0) is 35.4 Å². The molecule has 0 spiro atoms. The fourth-order valence-corrected chi connectivity index (χ4v) is 2.18. The van der Waals surface area contributed by atoms with Crippen molar-refractivity contribution < 1.29 is 42.8 Å². The van der Waals surface area contributed by atoms with Crippen molar-refractivity contribution in [2.45, 2.75) is 20.3 Å². The first-order chi connectivity index (χ1) is 12.3. The van der Waals surface area contributed by atoms with Gasteiger partial charge in [-0.25, -0.2) is 9.37 Å². The van der Waals surface area contributed by atoms with Crippen molar-refractivity contribution in [3.63, 3.8) is 0 Å². The van der Waals surface area contributed by atoms with Crippen LogP contribution in [0.3, 0.4) is 0 Å². The van der Waals surface area contributed by atoms with Crippen molar-refractivity contribution in [1.29, 1.82) is 5.26 Å². The van der Waals surface area contributed by atoms with Crippen LogP contribution in [0.25, 0.3) is 11.1 Å². The van der Waals surface area contributed by atoms with Gasteiger partial charge in [-0.15, -0.1) is 0 Å². The number of nitriles is 1. The maximum absolute atomic E-state index is 13.0. The van der Waals surface area contributed by atoms with Gasteiger partial charge in [0.25, 0.3) is 10.1 Å². The SMILES string of the molecule is CCC.CS(=O)(=O)OCCOc1cnc(C#N)cc1-c1ccc(F)cc1.[W]. The number of hydrogen-bond donors (Lipinski definition) is 0. The van der Waals surface area contributed by atoms with Gasteiger partial charge in [-0.1, -0.05) is 32.4 Å². The third-order valence-corrected chi connectivity index (χ3v) is 3.37. The predicted octanol–water partition coefficient (Wildman–Crippen LogP) is 3.53. The van der Waals surface area contributed by atoms with Crippen LogP contribution < -0.4 is 4.74 Å². The van der Waals surface area contributed by atoms with E-state index in [-0.39, 0.29) is 45.8 Å². The normalized spacial score (nSPS) is 10.0. The standard InChI is InChI=1S/C15H13FN2O4S.C3H8.W/c1-23(19,20)22-7-6-21-15-10-18-13(9-17)8-14(15)11-2-4-12(16)5-3-11;1-3-2;/h2-5,8,10H,6-7H2,1H3;3H2,1-2H3;. The van der Waals surface area contributed by atoms with Crippen LogP contribution >= 0.6 is 0 Å². The first kappa shape index (κ1) is 25.2. The van der Waals surface area contributed by atoms with Gasteiger partial charge in [0.2, 0.25) is 0 Å². The number of aromatic nitrogens is 1. The molecule has 0 saturated heterocycles. The van der Waals surface area contributed by atoms with E-state index in [4.69, 9.17) is 10.00 Å². The van der Waals surface area contributed by atoms with Crippen LogP contribution in [0.15, 0.2) is 36.5 Å². The topological polar surface area (TPSA) is 89.3 Å². The van der Waals surface area contributed by atoms with Gasteiger partial charge >= 0.3 is 0 Å². The molecule has 0 bridgehead atoms. The number of pyridine rings is 1. The van der Waals surface area contributed by atoms with Crippen LogP contribution in [0, 0.1) is 17.1 Å². The van der Waals surface area contributed by atoms with E-state index in [1.165, 1.54) is 30.8 Å². The van der Waals surface area contributed by atoms with Crippen molar-refractivity contribution in [2.75, 3.05) is 19.5 Å². The van der Waals surface area contributed by atoms with Gasteiger partial charge in [-0.2, -0.15) is 13.7 Å². The van der Waals surface area contributed by atoms with Crippen LogP contribution in [0.5, 0.6) is 5.75 Å². The Labute approximate surface area is 173 Å². The number of nitrogens with zero attached hydrogens (tertiary/aromatic N) is 2. The largest absolute Gasteiger partial charge is 0.489 e. The second-order valence-corrected chi connectivity index (χ2v) is 6.91. The molecule has 0 saturated carbocycles. The molecule has 0 unspecified atom stereocenters. The fraction of sp³-hybridized carbons (Fsp3) is 0.333. The zero-order chi connectivity index (χ0) is 19.6. The summed E-state index contributed by atoms with van der Waals surface area (Å²) >= 11 is 0. The van der Waals surface area contributed by atoms with Gasteiger partial charge in [-0.05, 0) is 23.8 Å². The second-order valence-electron chi connectivity index (χ2n) is 5.27. The maximum atomic E-state index is 13.0. The average molecular weight is 564 g/mol. The van der Waals surface area contributed by atoms with Gasteiger partial charge in [0.1, 0.15) is 36.5 Å². The average Bonchev–Trinajstić information content (AvgIpc) is 2.59. The van der Waals surface area contributed by atoms with Gasteiger partial charge < -0.3 is 4.74 Å². The van der Waals surface area contributed by atoms with E-state index in [0.717, 1.165) is 6.26 Å². The molecule has 1 aromatic heterocycles. The summed E-state index contributed by atoms with van der Waals surface area (Å²) in [6.07, 6.45) is 3.55. The molecule has 6 nitrogen and oxygen atoms in total. The van der Waals surface area contributed by atoms with Crippen molar-refractivity contribution in [2.24, 2.45) is 0 Å². The molecule has 0 atom stereocenters. The molecule has 0 fully saturated rings. The Morgan fingerprint density at radius 1 is 1.19 bits per heavy atom. The molecule has 0 aliphatic heterocycles. The molecule has 9 heteroatoms. The molecule has 0 aliphatic carbocycles. The first-order valence-electron chi connectivity index (χ1n) is 7.94. The zero-order valence-electron chi connectivity index (χ0n) is 15.3. The van der Waals surface area contributed by atoms with Crippen molar-refractivity contribution in [3.8, 4) is 22.9 Å². The Bertz CT molecular complexity index is 853. The minimum absolute atomic E-state index is 0. The second kappa shape index (κ2) is 12.6. The minimum atomic E-state index is -3.54. The van der Waals surface area contributed by atoms with Crippen molar-refractivity contribution in [1.82, 2.24) is 4.98 Å². The van der Waals surface area contributed by atoms with E-state index in [9.17, 15) is 12.8 Å². The van der Waals surface area contributed by atoms with E-state index < -0.39 is 10.1 Å². The summed E-state index contributed by atoms with van der Waals surface area (Å²) in [5.41, 5.74) is 1.38. The molecule has 0 radical (unpaired) electrons. The number of hydrogen-bond acceptors (Lipinski definition) is 6. The Morgan fingerprint density at radius 2 is 1.78 bits per heavy atom. The molecular weight excluding hydrogens is 543 g/mol. The Kier molecular flexibility index (Phi) is 11.7. The number of halogens is 1. The summed E-state index contributed by atoms with van der Waals surface area (Å²) in [6.45, 7) is 4.08. The smallest absolute Gasteiger partial charge is 0.264 e. The minimum Gasteiger partial charge on any atom is -0.489 e. The van der Waals surface area contributed by atoms with Gasteiger partial charge in [0.15, 0.2) is 0 Å². The van der Waals surface area contributed by atoms with Crippen molar-refractivity contribution in [3.05, 3.63) is 48.0 Å². The molecule has 1 aromatic carbocycles. The Hall–Kier alpha value is -1.81. The molecule has 1 heterocycles. The molecule has 0 amide bonds. The summed E-state index contributed by atoms with van der Waals surface area (Å²) in [5.74, 6) is -0.0416. The first-order valence-corrected chi connectivity index (χ1v) is 9.75. The molecule has 27 heavy (non-hydrogen) atoms.